The molecule has 6 amide bonds. The van der Waals surface area contributed by atoms with Gasteiger partial charge < -0.3 is 41.0 Å². The minimum absolute atomic E-state index is 0.00442. The highest BCUT2D eigenvalue weighted by Crippen LogP contribution is 2.23. The molecule has 27 heteroatoms. The molecule has 0 spiro atoms. The molecule has 0 aromatic heterocycles. The minimum atomic E-state index is -4.02. The number of hydrogen-bond acceptors (Lipinski definition) is 16. The van der Waals surface area contributed by atoms with Crippen molar-refractivity contribution in [1.29, 1.82) is 0 Å². The summed E-state index contributed by atoms with van der Waals surface area (Å²) in [5.74, 6) is -7.12. The Bertz CT molecular complexity index is 2400. The van der Waals surface area contributed by atoms with E-state index in [1.165, 1.54) is 60.0 Å². The van der Waals surface area contributed by atoms with Gasteiger partial charge in [-0.05, 0) is 82.6 Å². The number of primary sulfonamides is 2. The van der Waals surface area contributed by atoms with Crippen LogP contribution in [0.4, 0.5) is 11.4 Å². The molecule has 2 aromatic rings. The van der Waals surface area contributed by atoms with Gasteiger partial charge in [-0.2, -0.15) is 0 Å². The number of benzene rings is 2. The number of amides is 6. The lowest BCUT2D eigenvalue weighted by atomic mass is 9.92. The van der Waals surface area contributed by atoms with Gasteiger partial charge in [-0.1, -0.05) is 0 Å². The summed E-state index contributed by atoms with van der Waals surface area (Å²) in [7, 11) is -8.02. The number of nitrogens with zero attached hydrogens (tertiary/aromatic N) is 3. The van der Waals surface area contributed by atoms with Crippen molar-refractivity contribution in [3.63, 3.8) is 0 Å². The molecule has 1 aliphatic rings. The Labute approximate surface area is 386 Å². The van der Waals surface area contributed by atoms with Crippen molar-refractivity contribution in [1.82, 2.24) is 25.8 Å². The lowest BCUT2D eigenvalue weighted by Gasteiger charge is -2.34. The molecule has 3 rings (SSSR count). The number of aldehydes is 1. The third kappa shape index (κ3) is 18.2. The molecule has 2 atom stereocenters. The van der Waals surface area contributed by atoms with E-state index in [0.717, 1.165) is 17.0 Å². The first kappa shape index (κ1) is 55.1. The highest BCUT2D eigenvalue weighted by Gasteiger charge is 2.36. The molecule has 1 fully saturated rings. The average molecular weight is 982 g/mol. The van der Waals surface area contributed by atoms with Crippen LogP contribution < -0.4 is 36.4 Å². The number of ether oxygens (including phenoxy) is 1. The van der Waals surface area contributed by atoms with E-state index < -0.39 is 103 Å². The number of carboxylic acids is 2. The molecular weight excluding hydrogens is 927 g/mol. The molecule has 0 aliphatic carbocycles. The lowest BCUT2D eigenvalue weighted by Crippen LogP contribution is -2.55. The Balaban J connectivity index is 1.63. The number of nitrogens with two attached hydrogens (primary N) is 2. The summed E-state index contributed by atoms with van der Waals surface area (Å²) in [6.45, 7) is 4.87. The molecule has 1 heterocycles. The van der Waals surface area contributed by atoms with Crippen LogP contribution in [0.25, 0.3) is 0 Å². The smallest absolute Gasteiger partial charge is 0.305 e. The predicted octanol–water partition coefficient (Wildman–Crippen LogP) is -2.46. The number of imide groups is 1. The molecule has 368 valence electrons. The first-order chi connectivity index (χ1) is 31.0. The van der Waals surface area contributed by atoms with Crippen molar-refractivity contribution in [2.45, 2.75) is 74.4 Å². The van der Waals surface area contributed by atoms with Gasteiger partial charge in [-0.15, -0.1) is 0 Å². The second-order valence-electron chi connectivity index (χ2n) is 16.7. The predicted molar refractivity (Wildman–Crippen MR) is 236 cm³/mol. The van der Waals surface area contributed by atoms with E-state index in [9.17, 15) is 65.1 Å². The number of aliphatic carboxylic acids is 2. The average Bonchev–Trinajstić information content (AvgIpc) is 3.20. The number of carbonyl (C=O) groups is 9. The molecule has 2 aromatic carbocycles. The van der Waals surface area contributed by atoms with Gasteiger partial charge in [0.1, 0.15) is 12.3 Å². The van der Waals surface area contributed by atoms with Gasteiger partial charge in [-0.3, -0.25) is 48.2 Å². The van der Waals surface area contributed by atoms with Crippen molar-refractivity contribution < 1.29 is 74.9 Å². The monoisotopic (exact) mass is 981 g/mol. The summed E-state index contributed by atoms with van der Waals surface area (Å²) in [6, 6.07) is 6.75. The highest BCUT2D eigenvalue weighted by atomic mass is 32.2. The van der Waals surface area contributed by atoms with E-state index in [0.29, 0.717) is 0 Å². The van der Waals surface area contributed by atoms with Gasteiger partial charge in [0.15, 0.2) is 0 Å². The first-order valence-electron chi connectivity index (χ1n) is 20.3. The zero-order valence-electron chi connectivity index (χ0n) is 37.1. The van der Waals surface area contributed by atoms with Crippen LogP contribution in [0.5, 0.6) is 0 Å². The van der Waals surface area contributed by atoms with Crippen LogP contribution in [0.3, 0.4) is 0 Å². The van der Waals surface area contributed by atoms with Gasteiger partial charge in [0.25, 0.3) is 0 Å². The fraction of sp³-hybridized carbons (Fsp3) is 0.475. The number of carboxylic acid groups (broad SMARTS) is 2. The Hall–Kier alpha value is -6.23. The van der Waals surface area contributed by atoms with Crippen LogP contribution in [0, 0.1) is 5.41 Å². The number of nitrogens with one attached hydrogen (secondary N) is 4. The molecule has 25 nitrogen and oxygen atoms in total. The van der Waals surface area contributed by atoms with Crippen LogP contribution in [0.15, 0.2) is 58.3 Å². The molecule has 0 bridgehead atoms. The summed E-state index contributed by atoms with van der Waals surface area (Å²) in [5, 5.41) is 38.3. The lowest BCUT2D eigenvalue weighted by molar-refractivity contribution is -0.144. The molecule has 10 N–H and O–H groups in total. The first-order valence-corrected chi connectivity index (χ1v) is 23.4. The van der Waals surface area contributed by atoms with Gasteiger partial charge in [0.05, 0.1) is 78.2 Å². The van der Waals surface area contributed by atoms with Gasteiger partial charge in [0, 0.05) is 25.3 Å². The molecule has 67 heavy (non-hydrogen) atoms. The Morgan fingerprint density at radius 3 is 1.84 bits per heavy atom. The fourth-order valence-corrected chi connectivity index (χ4v) is 7.23. The third-order valence-corrected chi connectivity index (χ3v) is 11.8. The van der Waals surface area contributed by atoms with Crippen LogP contribution >= 0.6 is 0 Å². The van der Waals surface area contributed by atoms with Crippen LogP contribution in [0.1, 0.15) is 47.0 Å². The zero-order valence-corrected chi connectivity index (χ0v) is 38.7. The van der Waals surface area contributed by atoms with Crippen molar-refractivity contribution in [2.24, 2.45) is 15.7 Å². The van der Waals surface area contributed by atoms with Crippen LogP contribution in [0.2, 0.25) is 0 Å². The number of carbonyl (C=O) groups excluding carboxylic acids is 7. The molecular formula is C40H55N9O16S2. The van der Waals surface area contributed by atoms with E-state index in [-0.39, 0.29) is 86.3 Å². The zero-order chi connectivity index (χ0) is 50.5. The maximum atomic E-state index is 13.3. The topological polar surface area (TPSA) is 381 Å². The summed E-state index contributed by atoms with van der Waals surface area (Å²) in [5.41, 5.74) is -2.00. The quantitative estimate of drug-likeness (QED) is 0.0358. The summed E-state index contributed by atoms with van der Waals surface area (Å²) < 4.78 is 52.6. The largest absolute Gasteiger partial charge is 0.481 e. The van der Waals surface area contributed by atoms with Crippen molar-refractivity contribution in [2.75, 3.05) is 62.6 Å². The standard InChI is InChI=1S/C40H55N9O16S2/c1-39(2,38(60)46-30(18-36(57)58)37(59)45-26(23-50)17-35(55)56)24-65-40(3,4)13-14-43-31(51)19-47(20-32(52)44-25-5-9-28(10-6-25)66(41,61)62)15-16-48-21-33(53)49(34(54)22-48)27-7-11-29(12-8-27)67(42,63)64/h5-12,23,26,30H,13-22,24H2,1-4H3,(H,43,51)(H,44,52)(H,45,59)(H,46,60)(H,55,56)(H,57,58)(H2,41,61,62)(H2,42,63,64)/t26-,30-/m0/s1. The second-order valence-corrected chi connectivity index (χ2v) is 19.8. The number of sulfonamides is 2. The maximum Gasteiger partial charge on any atom is 0.305 e. The van der Waals surface area contributed by atoms with E-state index in [2.05, 4.69) is 21.3 Å². The van der Waals surface area contributed by atoms with E-state index >= 15 is 0 Å². The van der Waals surface area contributed by atoms with Gasteiger partial charge >= 0.3 is 11.9 Å². The van der Waals surface area contributed by atoms with Gasteiger partial charge in [0.2, 0.25) is 55.5 Å². The third-order valence-electron chi connectivity index (χ3n) is 9.95. The van der Waals surface area contributed by atoms with E-state index in [1.54, 1.807) is 13.8 Å². The normalized spacial score (nSPS) is 14.8. The highest BCUT2D eigenvalue weighted by molar-refractivity contribution is 7.89. The second kappa shape index (κ2) is 23.5. The van der Waals surface area contributed by atoms with E-state index in [1.807, 2.05) is 0 Å². The number of anilines is 2. The maximum absolute atomic E-state index is 13.3. The van der Waals surface area contributed by atoms with Crippen molar-refractivity contribution in [3.8, 4) is 0 Å². The molecule has 0 unspecified atom stereocenters. The molecule has 0 radical (unpaired) electrons. The molecule has 1 aliphatic heterocycles. The number of rotatable bonds is 26. The molecule has 1 saturated heterocycles. The van der Waals surface area contributed by atoms with E-state index in [4.69, 9.17) is 20.1 Å². The summed E-state index contributed by atoms with van der Waals surface area (Å²) in [4.78, 5) is 116. The fourth-order valence-electron chi connectivity index (χ4n) is 6.20. The Morgan fingerprint density at radius 2 is 1.33 bits per heavy atom. The van der Waals surface area contributed by atoms with Crippen LogP contribution in [-0.2, 0) is 67.9 Å². The Morgan fingerprint density at radius 1 is 0.806 bits per heavy atom. The van der Waals surface area contributed by atoms with Crippen molar-refractivity contribution >= 4 is 85.1 Å². The number of hydrogen-bond donors (Lipinski definition) is 8. The van der Waals surface area contributed by atoms with Gasteiger partial charge in [-0.25, -0.2) is 32.0 Å². The minimum Gasteiger partial charge on any atom is -0.481 e. The number of piperazine rings is 1. The summed E-state index contributed by atoms with van der Waals surface area (Å²) >= 11 is 0. The van der Waals surface area contributed by atoms with Crippen LogP contribution in [-0.4, -0.2) is 161 Å². The summed E-state index contributed by atoms with van der Waals surface area (Å²) in [6.07, 6.45) is -1.29. The van der Waals surface area contributed by atoms with Crippen molar-refractivity contribution in [3.05, 3.63) is 48.5 Å². The molecule has 0 saturated carbocycles. The Kier molecular flexibility index (Phi) is 19.3. The SMILES string of the molecule is CC(C)(CCNC(=O)CN(CCN1CC(=O)N(c2ccc(S(N)(=O)=O)cc2)C(=O)C1)CC(=O)Nc1ccc(S(N)(=O)=O)cc1)OCC(C)(C)C(=O)N[C@@H](CC(=O)O)C(=O)N[C@H](C=O)CC(=O)O.